The largest absolute Gasteiger partial charge is 0.481 e. The normalized spacial score (nSPS) is 11.9. The predicted octanol–water partition coefficient (Wildman–Crippen LogP) is 0.226. The number of amides is 1. The molecule has 0 radical (unpaired) electrons. The maximum absolute atomic E-state index is 11.6. The van der Waals surface area contributed by atoms with Gasteiger partial charge in [-0.25, -0.2) is 0 Å². The first-order chi connectivity index (χ1) is 8.56. The number of nitrogens with one attached hydrogen (secondary N) is 1. The van der Waals surface area contributed by atoms with E-state index in [2.05, 4.69) is 5.32 Å². The van der Waals surface area contributed by atoms with E-state index in [9.17, 15) is 9.59 Å². The van der Waals surface area contributed by atoms with Crippen LogP contribution in [0.1, 0.15) is 5.56 Å². The van der Waals surface area contributed by atoms with Crippen LogP contribution < -0.4 is 11.1 Å². The van der Waals surface area contributed by atoms with Gasteiger partial charge in [0.1, 0.15) is 6.10 Å². The van der Waals surface area contributed by atoms with Gasteiger partial charge in [-0.3, -0.25) is 9.59 Å². The average Bonchev–Trinajstić information content (AvgIpc) is 2.32. The second-order valence-corrected chi connectivity index (χ2v) is 3.72. The number of carbonyl (C=O) groups is 2. The van der Waals surface area contributed by atoms with Crippen molar-refractivity contribution in [3.8, 4) is 0 Å². The SMILES string of the molecule is COC(CN)C(=O)Nc1ccc(CC(=O)O)cc1. The smallest absolute Gasteiger partial charge is 0.307 e. The molecule has 0 fully saturated rings. The van der Waals surface area contributed by atoms with E-state index in [-0.39, 0.29) is 18.9 Å². The van der Waals surface area contributed by atoms with Crippen molar-refractivity contribution in [3.63, 3.8) is 0 Å². The Balaban J connectivity index is 2.63. The predicted molar refractivity (Wildman–Crippen MR) is 66.3 cm³/mol. The monoisotopic (exact) mass is 252 g/mol. The van der Waals surface area contributed by atoms with Crippen molar-refractivity contribution in [1.29, 1.82) is 0 Å². The first-order valence-electron chi connectivity index (χ1n) is 5.41. The summed E-state index contributed by atoms with van der Waals surface area (Å²) in [6.07, 6.45) is -0.735. The van der Waals surface area contributed by atoms with Crippen LogP contribution in [0, 0.1) is 0 Å². The summed E-state index contributed by atoms with van der Waals surface area (Å²) in [5.41, 5.74) is 6.61. The van der Waals surface area contributed by atoms with E-state index >= 15 is 0 Å². The van der Waals surface area contributed by atoms with Gasteiger partial charge in [-0.15, -0.1) is 0 Å². The number of carboxylic acids is 1. The Labute approximate surface area is 105 Å². The van der Waals surface area contributed by atoms with Crippen molar-refractivity contribution in [2.75, 3.05) is 19.0 Å². The highest BCUT2D eigenvalue weighted by molar-refractivity contribution is 5.94. The molecule has 0 aliphatic carbocycles. The van der Waals surface area contributed by atoms with E-state index in [1.807, 2.05) is 0 Å². The van der Waals surface area contributed by atoms with Crippen LogP contribution >= 0.6 is 0 Å². The lowest BCUT2D eigenvalue weighted by atomic mass is 10.1. The molecule has 0 aliphatic heterocycles. The molecule has 0 aromatic heterocycles. The molecule has 1 aromatic carbocycles. The van der Waals surface area contributed by atoms with Crippen LogP contribution in [-0.2, 0) is 20.7 Å². The Morgan fingerprint density at radius 2 is 2.00 bits per heavy atom. The summed E-state index contributed by atoms with van der Waals surface area (Å²) in [6, 6.07) is 6.57. The topological polar surface area (TPSA) is 102 Å². The molecule has 6 nitrogen and oxygen atoms in total. The molecule has 0 saturated heterocycles. The van der Waals surface area contributed by atoms with Crippen LogP contribution in [0.25, 0.3) is 0 Å². The van der Waals surface area contributed by atoms with Crippen LogP contribution in [0.3, 0.4) is 0 Å². The van der Waals surface area contributed by atoms with Gasteiger partial charge in [0.05, 0.1) is 6.42 Å². The number of carboxylic acid groups (broad SMARTS) is 1. The summed E-state index contributed by atoms with van der Waals surface area (Å²) >= 11 is 0. The zero-order valence-electron chi connectivity index (χ0n) is 10.1. The highest BCUT2D eigenvalue weighted by Gasteiger charge is 2.15. The molecule has 6 heteroatoms. The van der Waals surface area contributed by atoms with Gasteiger partial charge in [-0.05, 0) is 17.7 Å². The number of nitrogens with two attached hydrogens (primary N) is 1. The average molecular weight is 252 g/mol. The number of rotatable bonds is 6. The minimum Gasteiger partial charge on any atom is -0.481 e. The minimum absolute atomic E-state index is 0.0439. The maximum atomic E-state index is 11.6. The summed E-state index contributed by atoms with van der Waals surface area (Å²) in [5, 5.41) is 11.3. The molecule has 4 N–H and O–H groups in total. The quantitative estimate of drug-likeness (QED) is 0.672. The van der Waals surface area contributed by atoms with Gasteiger partial charge in [-0.2, -0.15) is 0 Å². The Bertz CT molecular complexity index is 413. The number of hydrogen-bond acceptors (Lipinski definition) is 4. The molecule has 1 rings (SSSR count). The zero-order chi connectivity index (χ0) is 13.5. The van der Waals surface area contributed by atoms with Crippen molar-refractivity contribution < 1.29 is 19.4 Å². The number of benzene rings is 1. The molecule has 0 saturated carbocycles. The molecular weight excluding hydrogens is 236 g/mol. The molecule has 1 amide bonds. The number of ether oxygens (including phenoxy) is 1. The van der Waals surface area contributed by atoms with E-state index in [4.69, 9.17) is 15.6 Å². The van der Waals surface area contributed by atoms with E-state index in [1.165, 1.54) is 7.11 Å². The number of anilines is 1. The third-order valence-corrected chi connectivity index (χ3v) is 2.37. The van der Waals surface area contributed by atoms with Gasteiger partial charge >= 0.3 is 5.97 Å². The fourth-order valence-electron chi connectivity index (χ4n) is 1.41. The molecular formula is C12H16N2O4. The third kappa shape index (κ3) is 4.15. The summed E-state index contributed by atoms with van der Waals surface area (Å²) in [7, 11) is 1.41. The molecule has 98 valence electrons. The minimum atomic E-state index is -0.894. The van der Waals surface area contributed by atoms with Crippen LogP contribution in [0.15, 0.2) is 24.3 Å². The fourth-order valence-corrected chi connectivity index (χ4v) is 1.41. The van der Waals surface area contributed by atoms with E-state index in [0.29, 0.717) is 11.3 Å². The zero-order valence-corrected chi connectivity index (χ0v) is 10.1. The molecule has 18 heavy (non-hydrogen) atoms. The highest BCUT2D eigenvalue weighted by atomic mass is 16.5. The lowest BCUT2D eigenvalue weighted by Gasteiger charge is -2.13. The molecule has 0 heterocycles. The Hall–Kier alpha value is -1.92. The third-order valence-electron chi connectivity index (χ3n) is 2.37. The molecule has 1 aromatic rings. The molecule has 1 atom stereocenters. The maximum Gasteiger partial charge on any atom is 0.307 e. The van der Waals surface area contributed by atoms with Gasteiger partial charge in [-0.1, -0.05) is 12.1 Å². The standard InChI is InChI=1S/C12H16N2O4/c1-18-10(7-13)12(17)14-9-4-2-8(3-5-9)6-11(15)16/h2-5,10H,6-7,13H2,1H3,(H,14,17)(H,15,16). The van der Waals surface area contributed by atoms with Crippen molar-refractivity contribution >= 4 is 17.6 Å². The first-order valence-corrected chi connectivity index (χ1v) is 5.41. The van der Waals surface area contributed by atoms with Gasteiger partial charge in [0.15, 0.2) is 0 Å². The van der Waals surface area contributed by atoms with Gasteiger partial charge in [0.25, 0.3) is 5.91 Å². The van der Waals surface area contributed by atoms with Crippen LogP contribution in [0.4, 0.5) is 5.69 Å². The summed E-state index contributed by atoms with van der Waals surface area (Å²) in [5.74, 6) is -1.22. The summed E-state index contributed by atoms with van der Waals surface area (Å²) < 4.78 is 4.90. The van der Waals surface area contributed by atoms with Gasteiger partial charge in [0.2, 0.25) is 0 Å². The van der Waals surface area contributed by atoms with Crippen molar-refractivity contribution in [1.82, 2.24) is 0 Å². The van der Waals surface area contributed by atoms with E-state index < -0.39 is 12.1 Å². The van der Waals surface area contributed by atoms with Crippen LogP contribution in [0.2, 0.25) is 0 Å². The van der Waals surface area contributed by atoms with Gasteiger partial charge in [0, 0.05) is 19.3 Å². The lowest BCUT2D eigenvalue weighted by molar-refractivity contribution is -0.136. The Morgan fingerprint density at radius 3 is 2.44 bits per heavy atom. The van der Waals surface area contributed by atoms with Crippen molar-refractivity contribution in [2.45, 2.75) is 12.5 Å². The highest BCUT2D eigenvalue weighted by Crippen LogP contribution is 2.10. The summed E-state index contributed by atoms with van der Waals surface area (Å²) in [6.45, 7) is 0.0967. The van der Waals surface area contributed by atoms with Gasteiger partial charge < -0.3 is 20.9 Å². The lowest BCUT2D eigenvalue weighted by Crippen LogP contribution is -2.35. The Kier molecular flexibility index (Phi) is 5.29. The number of carbonyl (C=O) groups excluding carboxylic acids is 1. The van der Waals surface area contributed by atoms with E-state index in [0.717, 1.165) is 0 Å². The first kappa shape index (κ1) is 14.1. The molecule has 1 unspecified atom stereocenters. The van der Waals surface area contributed by atoms with E-state index in [1.54, 1.807) is 24.3 Å². The second-order valence-electron chi connectivity index (χ2n) is 3.72. The van der Waals surface area contributed by atoms with Crippen LogP contribution in [0.5, 0.6) is 0 Å². The van der Waals surface area contributed by atoms with Crippen molar-refractivity contribution in [3.05, 3.63) is 29.8 Å². The molecule has 0 aliphatic rings. The number of aliphatic carboxylic acids is 1. The number of hydrogen-bond donors (Lipinski definition) is 3. The molecule has 0 bridgehead atoms. The van der Waals surface area contributed by atoms with Crippen LogP contribution in [-0.4, -0.2) is 36.7 Å². The molecule has 0 spiro atoms. The fraction of sp³-hybridized carbons (Fsp3) is 0.333. The second kappa shape index (κ2) is 6.73. The number of methoxy groups -OCH3 is 1. The van der Waals surface area contributed by atoms with Crippen molar-refractivity contribution in [2.24, 2.45) is 5.73 Å². The Morgan fingerprint density at radius 1 is 1.39 bits per heavy atom. The summed E-state index contributed by atoms with van der Waals surface area (Å²) in [4.78, 5) is 22.1.